The van der Waals surface area contributed by atoms with E-state index in [1.54, 1.807) is 24.5 Å². The van der Waals surface area contributed by atoms with E-state index in [1.807, 2.05) is 0 Å². The third kappa shape index (κ3) is 3.36. The van der Waals surface area contributed by atoms with Crippen molar-refractivity contribution < 1.29 is 19.2 Å². The molecule has 3 rings (SSSR count). The zero-order valence-corrected chi connectivity index (χ0v) is 12.4. The van der Waals surface area contributed by atoms with Crippen molar-refractivity contribution in [2.45, 2.75) is 31.7 Å². The quantitative estimate of drug-likeness (QED) is 0.880. The van der Waals surface area contributed by atoms with Crippen LogP contribution < -0.4 is 0 Å². The molecule has 23 heavy (non-hydrogen) atoms. The molecule has 0 aliphatic carbocycles. The molecule has 0 bridgehead atoms. The van der Waals surface area contributed by atoms with E-state index in [-0.39, 0.29) is 12.3 Å². The van der Waals surface area contributed by atoms with Crippen molar-refractivity contribution in [2.75, 3.05) is 6.54 Å². The first-order valence-corrected chi connectivity index (χ1v) is 7.40. The highest BCUT2D eigenvalue weighted by atomic mass is 16.5. The van der Waals surface area contributed by atoms with Crippen LogP contribution in [0.1, 0.15) is 25.2 Å². The number of carbonyl (C=O) groups excluding carboxylic acids is 1. The van der Waals surface area contributed by atoms with Gasteiger partial charge in [-0.05, 0) is 25.0 Å². The molecule has 0 saturated carbocycles. The van der Waals surface area contributed by atoms with E-state index in [0.29, 0.717) is 31.1 Å². The normalized spacial score (nSPS) is 17.4. The Morgan fingerprint density at radius 1 is 1.35 bits per heavy atom. The summed E-state index contributed by atoms with van der Waals surface area (Å²) in [7, 11) is 0. The monoisotopic (exact) mass is 316 g/mol. The minimum absolute atomic E-state index is 0.155. The van der Waals surface area contributed by atoms with Gasteiger partial charge in [0.05, 0.1) is 0 Å². The Balaban J connectivity index is 1.60. The van der Waals surface area contributed by atoms with Gasteiger partial charge in [-0.3, -0.25) is 9.78 Å². The molecule has 8 heteroatoms. The van der Waals surface area contributed by atoms with Crippen LogP contribution in [-0.4, -0.2) is 49.6 Å². The Labute approximate surface area is 132 Å². The Bertz CT molecular complexity index is 701. The summed E-state index contributed by atoms with van der Waals surface area (Å²) in [4.78, 5) is 32.9. The van der Waals surface area contributed by atoms with Gasteiger partial charge in [0, 0.05) is 37.3 Å². The third-order valence-corrected chi connectivity index (χ3v) is 3.82. The number of carbonyl (C=O) groups is 2. The van der Waals surface area contributed by atoms with Crippen LogP contribution in [-0.2, 0) is 16.0 Å². The van der Waals surface area contributed by atoms with Gasteiger partial charge in [0.25, 0.3) is 0 Å². The predicted octanol–water partition coefficient (Wildman–Crippen LogP) is 1.14. The van der Waals surface area contributed by atoms with Gasteiger partial charge in [-0.25, -0.2) is 4.79 Å². The van der Waals surface area contributed by atoms with Gasteiger partial charge in [0.1, 0.15) is 6.04 Å². The predicted molar refractivity (Wildman–Crippen MR) is 78.2 cm³/mol. The lowest BCUT2D eigenvalue weighted by molar-refractivity contribution is -0.148. The maximum Gasteiger partial charge on any atom is 0.326 e. The van der Waals surface area contributed by atoms with E-state index in [9.17, 15) is 9.59 Å². The largest absolute Gasteiger partial charge is 0.480 e. The highest BCUT2D eigenvalue weighted by Gasteiger charge is 2.33. The number of likely N-dealkylation sites (tertiary alicyclic amines) is 1. The van der Waals surface area contributed by atoms with Crippen LogP contribution in [0.25, 0.3) is 11.4 Å². The van der Waals surface area contributed by atoms with Gasteiger partial charge < -0.3 is 14.5 Å². The second-order valence-corrected chi connectivity index (χ2v) is 5.33. The van der Waals surface area contributed by atoms with Gasteiger partial charge in [0.15, 0.2) is 0 Å². The summed E-state index contributed by atoms with van der Waals surface area (Å²) >= 11 is 0. The molecule has 1 fully saturated rings. The smallest absolute Gasteiger partial charge is 0.326 e. The summed E-state index contributed by atoms with van der Waals surface area (Å²) in [6.45, 7) is 0.488. The fourth-order valence-corrected chi connectivity index (χ4v) is 2.65. The fraction of sp³-hybridized carbons (Fsp3) is 0.400. The molecule has 1 N–H and O–H groups in total. The number of amides is 1. The number of aryl methyl sites for hydroxylation is 1. The van der Waals surface area contributed by atoms with E-state index in [2.05, 4.69) is 15.1 Å². The molecular formula is C15H16N4O4. The molecule has 0 radical (unpaired) electrons. The minimum atomic E-state index is -0.950. The van der Waals surface area contributed by atoms with Crippen molar-refractivity contribution in [2.24, 2.45) is 0 Å². The van der Waals surface area contributed by atoms with Crippen LogP contribution in [0.2, 0.25) is 0 Å². The molecule has 1 amide bonds. The lowest BCUT2D eigenvalue weighted by Crippen LogP contribution is -2.40. The molecule has 1 aliphatic heterocycles. The zero-order chi connectivity index (χ0) is 16.2. The average Bonchev–Trinajstić information content (AvgIpc) is 3.23. The van der Waals surface area contributed by atoms with E-state index >= 15 is 0 Å². The van der Waals surface area contributed by atoms with Crippen molar-refractivity contribution in [3.8, 4) is 11.4 Å². The average molecular weight is 316 g/mol. The Hall–Kier alpha value is -2.77. The number of nitrogens with zero attached hydrogens (tertiary/aromatic N) is 4. The van der Waals surface area contributed by atoms with Crippen molar-refractivity contribution in [1.82, 2.24) is 20.0 Å². The second kappa shape index (κ2) is 6.55. The first-order valence-electron chi connectivity index (χ1n) is 7.40. The molecule has 3 heterocycles. The Kier molecular flexibility index (Phi) is 4.31. The molecule has 2 aromatic heterocycles. The van der Waals surface area contributed by atoms with Gasteiger partial charge in [-0.1, -0.05) is 5.16 Å². The molecule has 8 nitrogen and oxygen atoms in total. The van der Waals surface area contributed by atoms with E-state index in [4.69, 9.17) is 9.63 Å². The van der Waals surface area contributed by atoms with Crippen molar-refractivity contribution in [3.05, 3.63) is 30.4 Å². The lowest BCUT2D eigenvalue weighted by atomic mass is 10.2. The van der Waals surface area contributed by atoms with Gasteiger partial charge in [-0.2, -0.15) is 4.98 Å². The van der Waals surface area contributed by atoms with Crippen LogP contribution in [0.15, 0.2) is 29.0 Å². The van der Waals surface area contributed by atoms with Crippen LogP contribution in [0.4, 0.5) is 0 Å². The molecule has 0 aromatic carbocycles. The van der Waals surface area contributed by atoms with Crippen LogP contribution in [0.5, 0.6) is 0 Å². The third-order valence-electron chi connectivity index (χ3n) is 3.82. The van der Waals surface area contributed by atoms with E-state index in [0.717, 1.165) is 12.0 Å². The molecule has 0 spiro atoms. The highest BCUT2D eigenvalue weighted by Crippen LogP contribution is 2.19. The van der Waals surface area contributed by atoms with E-state index in [1.165, 1.54) is 4.90 Å². The van der Waals surface area contributed by atoms with Gasteiger partial charge in [0.2, 0.25) is 17.6 Å². The van der Waals surface area contributed by atoms with E-state index < -0.39 is 12.0 Å². The van der Waals surface area contributed by atoms with Crippen LogP contribution in [0.3, 0.4) is 0 Å². The summed E-state index contributed by atoms with van der Waals surface area (Å²) in [6, 6.07) is 2.82. The number of carboxylic acid groups (broad SMARTS) is 1. The molecule has 2 aromatic rings. The van der Waals surface area contributed by atoms with Gasteiger partial charge in [-0.15, -0.1) is 0 Å². The highest BCUT2D eigenvalue weighted by molar-refractivity contribution is 5.84. The molecule has 1 aliphatic rings. The minimum Gasteiger partial charge on any atom is -0.480 e. The summed E-state index contributed by atoms with van der Waals surface area (Å²) in [6.07, 6.45) is 4.94. The number of carboxylic acids is 1. The molecular weight excluding hydrogens is 300 g/mol. The Morgan fingerprint density at radius 3 is 2.87 bits per heavy atom. The number of hydrogen-bond donors (Lipinski definition) is 1. The van der Waals surface area contributed by atoms with Gasteiger partial charge >= 0.3 is 5.97 Å². The van der Waals surface area contributed by atoms with Crippen molar-refractivity contribution >= 4 is 11.9 Å². The zero-order valence-electron chi connectivity index (χ0n) is 12.4. The fourth-order valence-electron chi connectivity index (χ4n) is 2.65. The number of aromatic nitrogens is 3. The summed E-state index contributed by atoms with van der Waals surface area (Å²) < 4.78 is 5.14. The summed E-state index contributed by atoms with van der Waals surface area (Å²) in [5.74, 6) is -0.345. The first kappa shape index (κ1) is 15.1. The van der Waals surface area contributed by atoms with Crippen molar-refractivity contribution in [3.63, 3.8) is 0 Å². The summed E-state index contributed by atoms with van der Waals surface area (Å²) in [5.41, 5.74) is 0.784. The standard InChI is InChI=1S/C15H16N4O4/c20-13(19-9-1-2-11(19)15(21)22)4-3-12-17-14(18-23-12)10-5-7-16-8-6-10/h5-8,11H,1-4,9H2,(H,21,22)/t11-/m0/s1. The number of hydrogen-bond acceptors (Lipinski definition) is 6. The molecule has 1 saturated heterocycles. The number of rotatable bonds is 5. The van der Waals surface area contributed by atoms with Crippen LogP contribution >= 0.6 is 0 Å². The first-order chi connectivity index (χ1) is 11.1. The molecule has 0 unspecified atom stereocenters. The second-order valence-electron chi connectivity index (χ2n) is 5.33. The molecule has 1 atom stereocenters. The maximum absolute atomic E-state index is 12.2. The van der Waals surface area contributed by atoms with Crippen LogP contribution in [0, 0.1) is 0 Å². The summed E-state index contributed by atoms with van der Waals surface area (Å²) in [5, 5.41) is 13.0. The molecule has 120 valence electrons. The van der Waals surface area contributed by atoms with Crippen molar-refractivity contribution in [1.29, 1.82) is 0 Å². The topological polar surface area (TPSA) is 109 Å². The number of aliphatic carboxylic acids is 1. The lowest BCUT2D eigenvalue weighted by Gasteiger charge is -2.20. The number of pyridine rings is 1. The SMILES string of the molecule is O=C(O)[C@@H]1CCCN1C(=O)CCc1nc(-c2ccncc2)no1. The maximum atomic E-state index is 12.2. The Morgan fingerprint density at radius 2 is 2.13 bits per heavy atom.